The number of carbonyl (C=O) groups is 3. The summed E-state index contributed by atoms with van der Waals surface area (Å²) < 4.78 is 31.2. The van der Waals surface area contributed by atoms with Crippen LogP contribution >= 0.6 is 11.8 Å². The fourth-order valence-corrected chi connectivity index (χ4v) is 4.34. The quantitative estimate of drug-likeness (QED) is 0.353. The first-order chi connectivity index (χ1) is 17.8. The van der Waals surface area contributed by atoms with Gasteiger partial charge in [-0.05, 0) is 71.4 Å². The molecule has 0 saturated carbocycles. The molecule has 1 heterocycles. The first-order valence-corrected chi connectivity index (χ1v) is 11.9. The van der Waals surface area contributed by atoms with Gasteiger partial charge in [0.1, 0.15) is 11.6 Å². The smallest absolute Gasteiger partial charge is 0.337 e. The van der Waals surface area contributed by atoms with Crippen LogP contribution in [0.2, 0.25) is 0 Å². The number of methoxy groups -OCH3 is 1. The number of halogens is 2. The van der Waals surface area contributed by atoms with E-state index in [1.807, 2.05) is 0 Å². The van der Waals surface area contributed by atoms with Crippen LogP contribution in [0.15, 0.2) is 88.8 Å². The summed E-state index contributed by atoms with van der Waals surface area (Å²) in [6, 6.07) is 17.7. The number of anilines is 1. The number of benzene rings is 3. The van der Waals surface area contributed by atoms with Crippen molar-refractivity contribution in [2.24, 2.45) is 4.99 Å². The van der Waals surface area contributed by atoms with Gasteiger partial charge in [0.2, 0.25) is 5.91 Å². The van der Waals surface area contributed by atoms with Crippen LogP contribution in [0.1, 0.15) is 21.5 Å². The SMILES string of the molecule is COC(=O)c1ccc(NC(=O)/C=C2\SC(=NCc3ccc(F)cc3)N(Cc3ccc(F)cc3)C2=O)cc1. The van der Waals surface area contributed by atoms with Crippen molar-refractivity contribution in [1.29, 1.82) is 0 Å². The number of ether oxygens (including phenoxy) is 1. The minimum atomic E-state index is -0.539. The molecule has 0 atom stereocenters. The minimum Gasteiger partial charge on any atom is -0.465 e. The molecule has 4 rings (SSSR count). The second kappa shape index (κ2) is 11.6. The second-order valence-corrected chi connectivity index (χ2v) is 8.92. The molecule has 3 aromatic rings. The summed E-state index contributed by atoms with van der Waals surface area (Å²) in [7, 11) is 1.27. The lowest BCUT2D eigenvalue weighted by Gasteiger charge is -2.15. The first kappa shape index (κ1) is 25.8. The third-order valence-corrected chi connectivity index (χ3v) is 6.33. The summed E-state index contributed by atoms with van der Waals surface area (Å²) in [5.74, 6) is -2.22. The van der Waals surface area contributed by atoms with Crippen LogP contribution in [0.25, 0.3) is 0 Å². The van der Waals surface area contributed by atoms with E-state index in [4.69, 9.17) is 0 Å². The molecule has 10 heteroatoms. The van der Waals surface area contributed by atoms with Crippen molar-refractivity contribution in [2.45, 2.75) is 13.1 Å². The zero-order valence-electron chi connectivity index (χ0n) is 19.6. The Kier molecular flexibility index (Phi) is 8.09. The summed E-state index contributed by atoms with van der Waals surface area (Å²) >= 11 is 1.04. The third-order valence-electron chi connectivity index (χ3n) is 5.29. The van der Waals surface area contributed by atoms with E-state index in [1.54, 1.807) is 36.4 Å². The topological polar surface area (TPSA) is 88.1 Å². The lowest BCUT2D eigenvalue weighted by atomic mass is 10.2. The van der Waals surface area contributed by atoms with E-state index < -0.39 is 23.6 Å². The number of carbonyl (C=O) groups excluding carboxylic acids is 3. The molecule has 37 heavy (non-hydrogen) atoms. The molecule has 1 saturated heterocycles. The summed E-state index contributed by atoms with van der Waals surface area (Å²) in [4.78, 5) is 43.5. The lowest BCUT2D eigenvalue weighted by Crippen LogP contribution is -2.29. The first-order valence-electron chi connectivity index (χ1n) is 11.1. The van der Waals surface area contributed by atoms with E-state index >= 15 is 0 Å². The molecule has 2 amide bonds. The molecule has 0 unspecified atom stereocenters. The number of aliphatic imine (C=N–C) groups is 1. The summed E-state index contributed by atoms with van der Waals surface area (Å²) in [5, 5.41) is 3.01. The van der Waals surface area contributed by atoms with Gasteiger partial charge in [0.15, 0.2) is 5.17 Å². The normalized spacial score (nSPS) is 15.3. The Hall–Kier alpha value is -4.31. The molecule has 1 aliphatic heterocycles. The molecule has 1 aliphatic rings. The van der Waals surface area contributed by atoms with Crippen molar-refractivity contribution in [2.75, 3.05) is 12.4 Å². The van der Waals surface area contributed by atoms with Gasteiger partial charge >= 0.3 is 5.97 Å². The number of nitrogens with zero attached hydrogens (tertiary/aromatic N) is 2. The minimum absolute atomic E-state index is 0.127. The summed E-state index contributed by atoms with van der Waals surface area (Å²) in [6.45, 7) is 0.324. The molecular formula is C27H21F2N3O4S. The monoisotopic (exact) mass is 521 g/mol. The van der Waals surface area contributed by atoms with Gasteiger partial charge in [0.05, 0.1) is 30.7 Å². The van der Waals surface area contributed by atoms with E-state index in [0.717, 1.165) is 17.3 Å². The highest BCUT2D eigenvalue weighted by molar-refractivity contribution is 8.18. The van der Waals surface area contributed by atoms with Crippen LogP contribution in [0, 0.1) is 11.6 Å². The molecule has 1 fully saturated rings. The Morgan fingerprint density at radius 3 is 2.14 bits per heavy atom. The fourth-order valence-electron chi connectivity index (χ4n) is 3.39. The van der Waals surface area contributed by atoms with Gasteiger partial charge in [-0.15, -0.1) is 0 Å². The number of nitrogens with one attached hydrogen (secondary N) is 1. The maximum absolute atomic E-state index is 13.3. The van der Waals surface area contributed by atoms with Crippen molar-refractivity contribution in [3.63, 3.8) is 0 Å². The van der Waals surface area contributed by atoms with Crippen LogP contribution in [-0.4, -0.2) is 35.0 Å². The number of esters is 1. The summed E-state index contributed by atoms with van der Waals surface area (Å²) in [5.41, 5.74) is 2.19. The van der Waals surface area contributed by atoms with Gasteiger partial charge in [-0.2, -0.15) is 0 Å². The largest absolute Gasteiger partial charge is 0.465 e. The molecule has 0 radical (unpaired) electrons. The van der Waals surface area contributed by atoms with Gasteiger partial charge in [0, 0.05) is 11.8 Å². The average Bonchev–Trinajstić information content (AvgIpc) is 3.18. The van der Waals surface area contributed by atoms with Crippen LogP contribution in [0.4, 0.5) is 14.5 Å². The Bertz CT molecular complexity index is 1370. The molecule has 0 aliphatic carbocycles. The van der Waals surface area contributed by atoms with E-state index in [0.29, 0.717) is 22.0 Å². The summed E-state index contributed by atoms with van der Waals surface area (Å²) in [6.07, 6.45) is 1.18. The van der Waals surface area contributed by atoms with Crippen molar-refractivity contribution >= 4 is 40.4 Å². The third kappa shape index (κ3) is 6.68. The van der Waals surface area contributed by atoms with Crippen molar-refractivity contribution in [3.8, 4) is 0 Å². The Labute approximate surface area is 215 Å². The Morgan fingerprint density at radius 2 is 1.54 bits per heavy atom. The van der Waals surface area contributed by atoms with Crippen molar-refractivity contribution < 1.29 is 27.9 Å². The maximum Gasteiger partial charge on any atom is 0.337 e. The van der Waals surface area contributed by atoms with E-state index in [9.17, 15) is 23.2 Å². The zero-order valence-corrected chi connectivity index (χ0v) is 20.4. The van der Waals surface area contributed by atoms with Gasteiger partial charge in [-0.25, -0.2) is 13.6 Å². The number of hydrogen-bond donors (Lipinski definition) is 1. The second-order valence-electron chi connectivity index (χ2n) is 7.91. The Balaban J connectivity index is 1.53. The van der Waals surface area contributed by atoms with Gasteiger partial charge < -0.3 is 10.1 Å². The number of amidine groups is 1. The van der Waals surface area contributed by atoms with Crippen LogP contribution in [0.5, 0.6) is 0 Å². The predicted octanol–water partition coefficient (Wildman–Crippen LogP) is 4.91. The number of hydrogen-bond acceptors (Lipinski definition) is 6. The molecule has 1 N–H and O–H groups in total. The van der Waals surface area contributed by atoms with Crippen LogP contribution in [-0.2, 0) is 27.4 Å². The highest BCUT2D eigenvalue weighted by Crippen LogP contribution is 2.32. The van der Waals surface area contributed by atoms with Gasteiger partial charge in [0.25, 0.3) is 5.91 Å². The molecule has 3 aromatic carbocycles. The number of amides is 2. The highest BCUT2D eigenvalue weighted by atomic mass is 32.2. The molecule has 0 spiro atoms. The van der Waals surface area contributed by atoms with Crippen molar-refractivity contribution in [3.05, 3.63) is 112 Å². The fraction of sp³-hybridized carbons (Fsp3) is 0.111. The average molecular weight is 522 g/mol. The lowest BCUT2D eigenvalue weighted by molar-refractivity contribution is -0.123. The molecule has 0 bridgehead atoms. The van der Waals surface area contributed by atoms with Gasteiger partial charge in [-0.1, -0.05) is 24.3 Å². The maximum atomic E-state index is 13.3. The molecule has 0 aromatic heterocycles. The van der Waals surface area contributed by atoms with Crippen LogP contribution < -0.4 is 5.32 Å². The van der Waals surface area contributed by atoms with Crippen molar-refractivity contribution in [1.82, 2.24) is 4.90 Å². The highest BCUT2D eigenvalue weighted by Gasteiger charge is 2.34. The van der Waals surface area contributed by atoms with E-state index in [-0.39, 0.29) is 23.8 Å². The van der Waals surface area contributed by atoms with E-state index in [2.05, 4.69) is 15.0 Å². The molecule has 188 valence electrons. The van der Waals surface area contributed by atoms with Crippen LogP contribution in [0.3, 0.4) is 0 Å². The zero-order chi connectivity index (χ0) is 26.4. The molecule has 7 nitrogen and oxygen atoms in total. The molecular weight excluding hydrogens is 500 g/mol. The Morgan fingerprint density at radius 1 is 0.946 bits per heavy atom. The number of thioether (sulfide) groups is 1. The predicted molar refractivity (Wildman–Crippen MR) is 137 cm³/mol. The standard InChI is InChI=1S/C27H21F2N3O4S/c1-36-26(35)19-6-12-22(13-7-19)31-24(33)14-23-25(34)32(16-18-4-10-21(29)11-5-18)27(37-23)30-15-17-2-8-20(28)9-3-17/h2-14H,15-16H2,1H3,(H,31,33)/b23-14-,30-27?. The number of rotatable bonds is 7. The van der Waals surface area contributed by atoms with E-state index in [1.165, 1.54) is 54.5 Å². The van der Waals surface area contributed by atoms with Gasteiger partial charge in [-0.3, -0.25) is 19.5 Å².